The Morgan fingerprint density at radius 2 is 2.11 bits per heavy atom. The van der Waals surface area contributed by atoms with Gasteiger partial charge in [0.05, 0.1) is 19.1 Å². The van der Waals surface area contributed by atoms with Crippen LogP contribution in [0.2, 0.25) is 0 Å². The molecule has 0 amide bonds. The van der Waals surface area contributed by atoms with Gasteiger partial charge in [0.2, 0.25) is 11.8 Å². The molecule has 0 saturated carbocycles. The van der Waals surface area contributed by atoms with E-state index in [1.807, 2.05) is 20.9 Å². The molecule has 0 fully saturated rings. The molecule has 0 aliphatic carbocycles. The quantitative estimate of drug-likeness (QED) is 0.728. The van der Waals surface area contributed by atoms with E-state index < -0.39 is 0 Å². The highest BCUT2D eigenvalue weighted by atomic mass is 16.5. The van der Waals surface area contributed by atoms with Crippen LogP contribution in [0.3, 0.4) is 0 Å². The molecule has 0 aliphatic heterocycles. The zero-order valence-corrected chi connectivity index (χ0v) is 12.1. The molecule has 0 aromatic carbocycles. The highest BCUT2D eigenvalue weighted by molar-refractivity contribution is 5.72. The molecule has 0 bridgehead atoms. The van der Waals surface area contributed by atoms with E-state index in [4.69, 9.17) is 9.47 Å². The molecule has 106 valence electrons. The Balaban J connectivity index is 2.71. The van der Waals surface area contributed by atoms with Crippen LogP contribution in [0.1, 0.15) is 20.8 Å². The molecule has 0 radical (unpaired) electrons. The summed E-state index contributed by atoms with van der Waals surface area (Å²) in [5.74, 6) is 0.557. The van der Waals surface area contributed by atoms with E-state index in [0.717, 1.165) is 0 Å². The van der Waals surface area contributed by atoms with Crippen LogP contribution in [0, 0.1) is 5.92 Å². The van der Waals surface area contributed by atoms with E-state index in [1.54, 1.807) is 24.1 Å². The predicted octanol–water partition coefficient (Wildman–Crippen LogP) is 1.51. The Morgan fingerprint density at radius 3 is 2.68 bits per heavy atom. The summed E-state index contributed by atoms with van der Waals surface area (Å²) in [6, 6.07) is 1.71. The van der Waals surface area contributed by atoms with Crippen LogP contribution < -0.4 is 9.64 Å². The van der Waals surface area contributed by atoms with Gasteiger partial charge in [0, 0.05) is 25.9 Å². The van der Waals surface area contributed by atoms with Gasteiger partial charge in [0.25, 0.3) is 0 Å². The summed E-state index contributed by atoms with van der Waals surface area (Å²) in [4.78, 5) is 21.6. The second-order valence-corrected chi connectivity index (χ2v) is 4.67. The largest absolute Gasteiger partial charge is 0.475 e. The minimum Gasteiger partial charge on any atom is -0.475 e. The normalized spacial score (nSPS) is 12.1. The number of carbonyl (C=O) groups excluding carboxylic acids is 1. The summed E-state index contributed by atoms with van der Waals surface area (Å²) in [6.07, 6.45) is 1.70. The van der Waals surface area contributed by atoms with Gasteiger partial charge >= 0.3 is 5.97 Å². The number of methoxy groups -OCH3 is 1. The maximum atomic E-state index is 11.4. The van der Waals surface area contributed by atoms with Gasteiger partial charge in [-0.3, -0.25) is 4.79 Å². The van der Waals surface area contributed by atoms with Gasteiger partial charge in [-0.25, -0.2) is 4.98 Å². The minimum atomic E-state index is -0.249. The number of carbonyl (C=O) groups is 1. The lowest BCUT2D eigenvalue weighted by Gasteiger charge is -2.20. The minimum absolute atomic E-state index is 0.0575. The van der Waals surface area contributed by atoms with Crippen LogP contribution in [0.4, 0.5) is 5.95 Å². The Kier molecular flexibility index (Phi) is 5.54. The van der Waals surface area contributed by atoms with E-state index in [0.29, 0.717) is 18.4 Å². The molecule has 0 spiro atoms. The Hall–Kier alpha value is -1.85. The van der Waals surface area contributed by atoms with Crippen LogP contribution >= 0.6 is 0 Å². The SMILES string of the molecule is COC(=O)C(C)CN(C)c1nccc(OC(C)C)n1. The number of ether oxygens (including phenoxy) is 2. The van der Waals surface area contributed by atoms with Crippen molar-refractivity contribution in [2.75, 3.05) is 25.6 Å². The summed E-state index contributed by atoms with van der Waals surface area (Å²) in [7, 11) is 3.21. The molecule has 0 N–H and O–H groups in total. The van der Waals surface area contributed by atoms with Crippen molar-refractivity contribution in [2.45, 2.75) is 26.9 Å². The van der Waals surface area contributed by atoms with Crippen LogP contribution in [-0.2, 0) is 9.53 Å². The average molecular weight is 267 g/mol. The van der Waals surface area contributed by atoms with E-state index in [9.17, 15) is 4.79 Å². The van der Waals surface area contributed by atoms with Gasteiger partial charge in [-0.2, -0.15) is 4.98 Å². The summed E-state index contributed by atoms with van der Waals surface area (Å²) >= 11 is 0. The average Bonchev–Trinajstić information content (AvgIpc) is 2.37. The van der Waals surface area contributed by atoms with Crippen molar-refractivity contribution >= 4 is 11.9 Å². The lowest BCUT2D eigenvalue weighted by atomic mass is 10.2. The molecule has 1 aromatic heterocycles. The molecule has 0 aliphatic rings. The monoisotopic (exact) mass is 267 g/mol. The zero-order chi connectivity index (χ0) is 14.4. The van der Waals surface area contributed by atoms with Crippen molar-refractivity contribution in [3.63, 3.8) is 0 Å². The van der Waals surface area contributed by atoms with E-state index >= 15 is 0 Å². The lowest BCUT2D eigenvalue weighted by molar-refractivity contribution is -0.144. The zero-order valence-electron chi connectivity index (χ0n) is 12.1. The van der Waals surface area contributed by atoms with Crippen molar-refractivity contribution in [3.8, 4) is 5.88 Å². The maximum Gasteiger partial charge on any atom is 0.310 e. The summed E-state index contributed by atoms with van der Waals surface area (Å²) < 4.78 is 10.2. The van der Waals surface area contributed by atoms with Crippen LogP contribution in [-0.4, -0.2) is 42.7 Å². The highest BCUT2D eigenvalue weighted by Crippen LogP contribution is 2.14. The highest BCUT2D eigenvalue weighted by Gasteiger charge is 2.17. The number of rotatable bonds is 6. The summed E-state index contributed by atoms with van der Waals surface area (Å²) in [5.41, 5.74) is 0. The maximum absolute atomic E-state index is 11.4. The predicted molar refractivity (Wildman–Crippen MR) is 72.2 cm³/mol. The van der Waals surface area contributed by atoms with Gasteiger partial charge in [-0.15, -0.1) is 0 Å². The number of hydrogen-bond acceptors (Lipinski definition) is 6. The van der Waals surface area contributed by atoms with Crippen molar-refractivity contribution in [2.24, 2.45) is 5.92 Å². The Labute approximate surface area is 113 Å². The smallest absolute Gasteiger partial charge is 0.310 e. The fourth-order valence-electron chi connectivity index (χ4n) is 1.59. The van der Waals surface area contributed by atoms with Crippen LogP contribution in [0.5, 0.6) is 5.88 Å². The first kappa shape index (κ1) is 15.2. The first-order valence-corrected chi connectivity index (χ1v) is 6.22. The van der Waals surface area contributed by atoms with Gasteiger partial charge in [0.1, 0.15) is 0 Å². The third kappa shape index (κ3) is 4.73. The van der Waals surface area contributed by atoms with Crippen molar-refractivity contribution in [1.82, 2.24) is 9.97 Å². The van der Waals surface area contributed by atoms with Crippen molar-refractivity contribution < 1.29 is 14.3 Å². The molecule has 6 heteroatoms. The second kappa shape index (κ2) is 6.92. The van der Waals surface area contributed by atoms with Crippen LogP contribution in [0.25, 0.3) is 0 Å². The number of anilines is 1. The molecule has 6 nitrogen and oxygen atoms in total. The summed E-state index contributed by atoms with van der Waals surface area (Å²) in [6.45, 7) is 6.16. The topological polar surface area (TPSA) is 64.5 Å². The van der Waals surface area contributed by atoms with Gasteiger partial charge in [-0.1, -0.05) is 6.92 Å². The van der Waals surface area contributed by atoms with E-state index in [2.05, 4.69) is 9.97 Å². The Morgan fingerprint density at radius 1 is 1.42 bits per heavy atom. The molecule has 19 heavy (non-hydrogen) atoms. The molecular formula is C13H21N3O3. The third-order valence-electron chi connectivity index (χ3n) is 2.47. The third-order valence-corrected chi connectivity index (χ3v) is 2.47. The molecule has 1 unspecified atom stereocenters. The standard InChI is InChI=1S/C13H21N3O3/c1-9(2)19-11-6-7-14-13(15-11)16(4)8-10(3)12(17)18-5/h6-7,9-10H,8H2,1-5H3. The van der Waals surface area contributed by atoms with Gasteiger partial charge in [-0.05, 0) is 13.8 Å². The number of hydrogen-bond donors (Lipinski definition) is 0. The fourth-order valence-corrected chi connectivity index (χ4v) is 1.59. The molecule has 1 atom stereocenters. The van der Waals surface area contributed by atoms with Gasteiger partial charge < -0.3 is 14.4 Å². The summed E-state index contributed by atoms with van der Waals surface area (Å²) in [5, 5.41) is 0. The van der Waals surface area contributed by atoms with Crippen molar-refractivity contribution in [1.29, 1.82) is 0 Å². The molecule has 0 saturated heterocycles. The molecule has 1 rings (SSSR count). The first-order valence-electron chi connectivity index (χ1n) is 6.22. The van der Waals surface area contributed by atoms with Crippen molar-refractivity contribution in [3.05, 3.63) is 12.3 Å². The van der Waals surface area contributed by atoms with E-state index in [1.165, 1.54) is 7.11 Å². The fraction of sp³-hybridized carbons (Fsp3) is 0.615. The van der Waals surface area contributed by atoms with E-state index in [-0.39, 0.29) is 18.0 Å². The lowest BCUT2D eigenvalue weighted by Crippen LogP contribution is -2.30. The number of aromatic nitrogens is 2. The van der Waals surface area contributed by atoms with Crippen LogP contribution in [0.15, 0.2) is 12.3 Å². The number of nitrogens with zero attached hydrogens (tertiary/aromatic N) is 3. The second-order valence-electron chi connectivity index (χ2n) is 4.67. The molecular weight excluding hydrogens is 246 g/mol. The number of esters is 1. The first-order chi connectivity index (χ1) is 8.93. The molecule has 1 aromatic rings. The molecule has 1 heterocycles. The van der Waals surface area contributed by atoms with Gasteiger partial charge in [0.15, 0.2) is 0 Å². The Bertz CT molecular complexity index is 423.